The molecule has 4 nitrogen and oxygen atoms in total. The number of aromatic nitrogens is 1. The number of fused-ring (bicyclic) bond motifs is 2. The molecule has 4 rings (SSSR count). The Labute approximate surface area is 177 Å². The highest BCUT2D eigenvalue weighted by Gasteiger charge is 2.23. The Hall–Kier alpha value is -2.14. The predicted molar refractivity (Wildman–Crippen MR) is 121 cm³/mol. The molecule has 1 aromatic heterocycles. The van der Waals surface area contributed by atoms with Gasteiger partial charge in [0, 0.05) is 29.6 Å². The van der Waals surface area contributed by atoms with Gasteiger partial charge >= 0.3 is 0 Å². The van der Waals surface area contributed by atoms with E-state index in [9.17, 15) is 9.90 Å². The third-order valence-corrected chi connectivity index (χ3v) is 5.97. The molecule has 154 valence electrons. The van der Waals surface area contributed by atoms with E-state index in [4.69, 9.17) is 0 Å². The second-order valence-electron chi connectivity index (χ2n) is 7.76. The molecule has 3 N–H and O–H groups in total. The van der Waals surface area contributed by atoms with Gasteiger partial charge in [-0.15, -0.1) is 12.4 Å². The normalized spacial score (nSPS) is 14.6. The van der Waals surface area contributed by atoms with E-state index in [0.717, 1.165) is 42.1 Å². The molecule has 0 radical (unpaired) electrons. The van der Waals surface area contributed by atoms with Gasteiger partial charge < -0.3 is 15.4 Å². The Balaban J connectivity index is 0.00000240. The van der Waals surface area contributed by atoms with E-state index >= 15 is 0 Å². The van der Waals surface area contributed by atoms with Crippen LogP contribution in [0.3, 0.4) is 0 Å². The molecule has 0 fully saturated rings. The van der Waals surface area contributed by atoms with Crippen molar-refractivity contribution in [2.24, 2.45) is 0 Å². The van der Waals surface area contributed by atoms with Gasteiger partial charge in [-0.25, -0.2) is 0 Å². The van der Waals surface area contributed by atoms with Crippen LogP contribution in [0.15, 0.2) is 47.3 Å². The molecule has 3 aromatic rings. The Morgan fingerprint density at radius 2 is 1.72 bits per heavy atom. The Bertz CT molecular complexity index is 1030. The Kier molecular flexibility index (Phi) is 6.78. The van der Waals surface area contributed by atoms with Crippen LogP contribution in [0, 0.1) is 0 Å². The SMILES string of the molecule is CCc1cc2c(cc1CC)CC(NCC(O)c1cccc3[nH]c(=O)ccc13)C2.Cl. The summed E-state index contributed by atoms with van der Waals surface area (Å²) in [6.07, 6.45) is 3.58. The topological polar surface area (TPSA) is 65.1 Å². The average Bonchev–Trinajstić information content (AvgIpc) is 3.11. The zero-order valence-corrected chi connectivity index (χ0v) is 17.8. The number of aromatic amines is 1. The lowest BCUT2D eigenvalue weighted by molar-refractivity contribution is 0.171. The molecule has 1 heterocycles. The summed E-state index contributed by atoms with van der Waals surface area (Å²) < 4.78 is 0. The van der Waals surface area contributed by atoms with Gasteiger partial charge in [0.25, 0.3) is 0 Å². The average molecular weight is 413 g/mol. The lowest BCUT2D eigenvalue weighted by Gasteiger charge is -2.18. The fourth-order valence-electron chi connectivity index (χ4n) is 4.47. The summed E-state index contributed by atoms with van der Waals surface area (Å²) in [5.41, 5.74) is 7.31. The van der Waals surface area contributed by atoms with Gasteiger partial charge in [0.1, 0.15) is 0 Å². The summed E-state index contributed by atoms with van der Waals surface area (Å²) in [7, 11) is 0. The smallest absolute Gasteiger partial charge is 0.248 e. The van der Waals surface area contributed by atoms with Crippen LogP contribution in [0.1, 0.15) is 47.8 Å². The third-order valence-electron chi connectivity index (χ3n) is 5.97. The largest absolute Gasteiger partial charge is 0.387 e. The molecular formula is C24H29ClN2O2. The van der Waals surface area contributed by atoms with Crippen molar-refractivity contribution in [1.82, 2.24) is 10.3 Å². The number of hydrogen-bond acceptors (Lipinski definition) is 3. The molecule has 5 heteroatoms. The van der Waals surface area contributed by atoms with Crippen LogP contribution in [0.25, 0.3) is 10.9 Å². The number of aryl methyl sites for hydroxylation is 2. The fourth-order valence-corrected chi connectivity index (χ4v) is 4.47. The number of rotatable bonds is 6. The van der Waals surface area contributed by atoms with Crippen LogP contribution in [-0.2, 0) is 25.7 Å². The van der Waals surface area contributed by atoms with Crippen LogP contribution in [-0.4, -0.2) is 22.7 Å². The molecule has 0 amide bonds. The highest BCUT2D eigenvalue weighted by Crippen LogP contribution is 2.28. The molecule has 1 atom stereocenters. The quantitative estimate of drug-likeness (QED) is 0.576. The van der Waals surface area contributed by atoms with Crippen molar-refractivity contribution >= 4 is 23.3 Å². The van der Waals surface area contributed by atoms with Crippen molar-refractivity contribution in [3.05, 3.63) is 80.6 Å². The van der Waals surface area contributed by atoms with E-state index in [1.807, 2.05) is 18.2 Å². The van der Waals surface area contributed by atoms with E-state index in [1.165, 1.54) is 28.3 Å². The summed E-state index contributed by atoms with van der Waals surface area (Å²) in [6.45, 7) is 4.94. The van der Waals surface area contributed by atoms with Crippen molar-refractivity contribution in [1.29, 1.82) is 0 Å². The third kappa shape index (κ3) is 4.40. The van der Waals surface area contributed by atoms with Gasteiger partial charge in [0.2, 0.25) is 5.56 Å². The van der Waals surface area contributed by atoms with Gasteiger partial charge in [0.15, 0.2) is 0 Å². The second-order valence-corrected chi connectivity index (χ2v) is 7.76. The zero-order valence-electron chi connectivity index (χ0n) is 17.0. The minimum atomic E-state index is -0.615. The van der Waals surface area contributed by atoms with Crippen LogP contribution in [0.4, 0.5) is 0 Å². The monoisotopic (exact) mass is 412 g/mol. The van der Waals surface area contributed by atoms with Gasteiger partial charge in [-0.1, -0.05) is 38.1 Å². The second kappa shape index (κ2) is 9.12. The molecule has 1 aliphatic carbocycles. The van der Waals surface area contributed by atoms with Crippen LogP contribution in [0.5, 0.6) is 0 Å². The summed E-state index contributed by atoms with van der Waals surface area (Å²) in [6, 6.07) is 14.1. The summed E-state index contributed by atoms with van der Waals surface area (Å²) in [4.78, 5) is 14.4. The Morgan fingerprint density at radius 3 is 2.34 bits per heavy atom. The first-order valence-electron chi connectivity index (χ1n) is 10.3. The molecule has 0 spiro atoms. The molecule has 0 aliphatic heterocycles. The number of halogens is 1. The van der Waals surface area contributed by atoms with E-state index in [1.54, 1.807) is 6.07 Å². The molecule has 2 aromatic carbocycles. The minimum absolute atomic E-state index is 0. The standard InChI is InChI=1S/C24H28N2O2.ClH/c1-3-15-10-17-12-19(13-18(17)11-16(15)4-2)25-14-23(27)21-6-5-7-22-20(21)8-9-24(28)26-22;/h5-11,19,23,25,27H,3-4,12-14H2,1-2H3,(H,26,28);1H. The van der Waals surface area contributed by atoms with Crippen molar-refractivity contribution in [3.63, 3.8) is 0 Å². The summed E-state index contributed by atoms with van der Waals surface area (Å²) in [5.74, 6) is 0. The number of benzene rings is 2. The number of aliphatic hydroxyl groups is 1. The molecule has 29 heavy (non-hydrogen) atoms. The number of H-pyrrole nitrogens is 1. The highest BCUT2D eigenvalue weighted by molar-refractivity contribution is 5.85. The number of aliphatic hydroxyl groups excluding tert-OH is 1. The molecule has 1 aliphatic rings. The van der Waals surface area contributed by atoms with Crippen molar-refractivity contribution in [3.8, 4) is 0 Å². The lowest BCUT2D eigenvalue weighted by Crippen LogP contribution is -2.33. The van der Waals surface area contributed by atoms with Crippen molar-refractivity contribution in [2.75, 3.05) is 6.54 Å². The van der Waals surface area contributed by atoms with Crippen LogP contribution >= 0.6 is 12.4 Å². The first-order valence-corrected chi connectivity index (χ1v) is 10.3. The van der Waals surface area contributed by atoms with E-state index < -0.39 is 6.10 Å². The number of hydrogen-bond donors (Lipinski definition) is 3. The van der Waals surface area contributed by atoms with Gasteiger partial charge in [-0.3, -0.25) is 4.79 Å². The maximum atomic E-state index is 11.5. The predicted octanol–water partition coefficient (Wildman–Crippen LogP) is 3.87. The first-order chi connectivity index (χ1) is 13.6. The molecule has 0 saturated carbocycles. The lowest BCUT2D eigenvalue weighted by atomic mass is 9.97. The Morgan fingerprint density at radius 1 is 1.07 bits per heavy atom. The van der Waals surface area contributed by atoms with Gasteiger partial charge in [0.05, 0.1) is 6.10 Å². The number of nitrogens with one attached hydrogen (secondary N) is 2. The van der Waals surface area contributed by atoms with Crippen molar-refractivity contribution < 1.29 is 5.11 Å². The fraction of sp³-hybridized carbons (Fsp3) is 0.375. The molecule has 0 saturated heterocycles. The maximum absolute atomic E-state index is 11.5. The number of pyridine rings is 1. The minimum Gasteiger partial charge on any atom is -0.387 e. The molecular weight excluding hydrogens is 384 g/mol. The van der Waals surface area contributed by atoms with Crippen LogP contribution in [0.2, 0.25) is 0 Å². The maximum Gasteiger partial charge on any atom is 0.248 e. The van der Waals surface area contributed by atoms with E-state index in [0.29, 0.717) is 12.6 Å². The zero-order chi connectivity index (χ0) is 19.7. The summed E-state index contributed by atoms with van der Waals surface area (Å²) in [5, 5.41) is 15.2. The van der Waals surface area contributed by atoms with Gasteiger partial charge in [-0.05, 0) is 65.6 Å². The van der Waals surface area contributed by atoms with Crippen molar-refractivity contribution in [2.45, 2.75) is 51.7 Å². The van der Waals surface area contributed by atoms with Crippen LogP contribution < -0.4 is 10.9 Å². The highest BCUT2D eigenvalue weighted by atomic mass is 35.5. The van der Waals surface area contributed by atoms with E-state index in [-0.39, 0.29) is 18.0 Å². The first kappa shape index (κ1) is 21.6. The molecule has 1 unspecified atom stereocenters. The van der Waals surface area contributed by atoms with Gasteiger partial charge in [-0.2, -0.15) is 0 Å². The molecule has 0 bridgehead atoms. The summed E-state index contributed by atoms with van der Waals surface area (Å²) >= 11 is 0. The van der Waals surface area contributed by atoms with E-state index in [2.05, 4.69) is 36.3 Å².